The first-order valence-electron chi connectivity index (χ1n) is 5.63. The Balaban J connectivity index is 2.40. The Morgan fingerprint density at radius 3 is 2.56 bits per heavy atom. The van der Waals surface area contributed by atoms with Gasteiger partial charge in [0.2, 0.25) is 0 Å². The van der Waals surface area contributed by atoms with Crippen molar-refractivity contribution in [2.45, 2.75) is 13.0 Å². The average Bonchev–Trinajstić information content (AvgIpc) is 2.38. The van der Waals surface area contributed by atoms with Gasteiger partial charge in [-0.25, -0.2) is 0 Å². The smallest absolute Gasteiger partial charge is 0.159 e. The molecular weight excluding hydrogens is 339 g/mol. The Morgan fingerprint density at radius 2 is 1.89 bits per heavy atom. The minimum absolute atomic E-state index is 0.00630. The molecule has 92 valence electrons. The fourth-order valence-electron chi connectivity index (χ4n) is 1.80. The number of hydrogen-bond donors (Lipinski definition) is 1. The predicted octanol–water partition coefficient (Wildman–Crippen LogP) is 3.58. The SMILES string of the molecule is CC(=O)c1cccc(C(O)c2ccccc2I)c1. The Hall–Kier alpha value is -1.20. The van der Waals surface area contributed by atoms with Crippen LogP contribution in [-0.2, 0) is 0 Å². The topological polar surface area (TPSA) is 37.3 Å². The predicted molar refractivity (Wildman–Crippen MR) is 79.7 cm³/mol. The highest BCUT2D eigenvalue weighted by atomic mass is 127. The summed E-state index contributed by atoms with van der Waals surface area (Å²) in [6.07, 6.45) is -0.697. The number of ketones is 1. The van der Waals surface area contributed by atoms with Gasteiger partial charge in [-0.2, -0.15) is 0 Å². The lowest BCUT2D eigenvalue weighted by atomic mass is 9.99. The molecule has 0 heterocycles. The van der Waals surface area contributed by atoms with Gasteiger partial charge in [-0.15, -0.1) is 0 Å². The van der Waals surface area contributed by atoms with Crippen LogP contribution in [0.1, 0.15) is 34.5 Å². The number of hydrogen-bond acceptors (Lipinski definition) is 2. The van der Waals surface area contributed by atoms with Gasteiger partial charge in [-0.3, -0.25) is 4.79 Å². The molecule has 18 heavy (non-hydrogen) atoms. The van der Waals surface area contributed by atoms with E-state index in [4.69, 9.17) is 0 Å². The van der Waals surface area contributed by atoms with Crippen LogP contribution in [0.2, 0.25) is 0 Å². The number of Topliss-reactive ketones (excluding diaryl/α,β-unsaturated/α-hetero) is 1. The molecule has 3 heteroatoms. The molecule has 1 N–H and O–H groups in total. The molecule has 2 aromatic carbocycles. The van der Waals surface area contributed by atoms with Gasteiger partial charge >= 0.3 is 0 Å². The van der Waals surface area contributed by atoms with Crippen LogP contribution in [0.25, 0.3) is 0 Å². The van der Waals surface area contributed by atoms with Crippen molar-refractivity contribution >= 4 is 28.4 Å². The highest BCUT2D eigenvalue weighted by Gasteiger charge is 2.14. The van der Waals surface area contributed by atoms with E-state index in [1.54, 1.807) is 18.2 Å². The number of aliphatic hydroxyl groups excluding tert-OH is 1. The Labute approximate surface area is 120 Å². The molecule has 1 atom stereocenters. The average molecular weight is 352 g/mol. The van der Waals surface area contributed by atoms with Crippen molar-refractivity contribution in [2.75, 3.05) is 0 Å². The van der Waals surface area contributed by atoms with Gasteiger partial charge in [-0.1, -0.05) is 36.4 Å². The van der Waals surface area contributed by atoms with Gasteiger partial charge in [0.15, 0.2) is 5.78 Å². The summed E-state index contributed by atoms with van der Waals surface area (Å²) in [5, 5.41) is 10.4. The molecule has 0 amide bonds. The van der Waals surface area contributed by atoms with Crippen LogP contribution < -0.4 is 0 Å². The first-order chi connectivity index (χ1) is 8.59. The third-order valence-corrected chi connectivity index (χ3v) is 3.79. The quantitative estimate of drug-likeness (QED) is 0.677. The molecule has 2 rings (SSSR count). The van der Waals surface area contributed by atoms with Gasteiger partial charge < -0.3 is 5.11 Å². The van der Waals surface area contributed by atoms with E-state index in [0.717, 1.165) is 14.7 Å². The Morgan fingerprint density at radius 1 is 1.17 bits per heavy atom. The van der Waals surface area contributed by atoms with Gasteiger partial charge in [0.1, 0.15) is 6.10 Å². The highest BCUT2D eigenvalue weighted by Crippen LogP contribution is 2.26. The molecule has 0 aliphatic heterocycles. The van der Waals surface area contributed by atoms with E-state index in [0.29, 0.717) is 5.56 Å². The summed E-state index contributed by atoms with van der Waals surface area (Å²) in [4.78, 5) is 11.3. The maximum Gasteiger partial charge on any atom is 0.159 e. The lowest BCUT2D eigenvalue weighted by Gasteiger charge is -2.13. The molecule has 0 saturated carbocycles. The van der Waals surface area contributed by atoms with E-state index in [-0.39, 0.29) is 5.78 Å². The number of carbonyl (C=O) groups excluding carboxylic acids is 1. The molecule has 0 spiro atoms. The molecule has 0 bridgehead atoms. The number of carbonyl (C=O) groups is 1. The van der Waals surface area contributed by atoms with E-state index in [1.807, 2.05) is 30.3 Å². The number of benzene rings is 2. The molecule has 0 aromatic heterocycles. The highest BCUT2D eigenvalue weighted by molar-refractivity contribution is 14.1. The summed E-state index contributed by atoms with van der Waals surface area (Å²) < 4.78 is 1.01. The van der Waals surface area contributed by atoms with E-state index < -0.39 is 6.10 Å². The van der Waals surface area contributed by atoms with Crippen molar-refractivity contribution in [1.82, 2.24) is 0 Å². The first-order valence-corrected chi connectivity index (χ1v) is 6.71. The zero-order chi connectivity index (χ0) is 13.1. The second-order valence-corrected chi connectivity index (χ2v) is 5.27. The normalized spacial score (nSPS) is 12.2. The van der Waals surface area contributed by atoms with Crippen molar-refractivity contribution in [3.63, 3.8) is 0 Å². The van der Waals surface area contributed by atoms with Crippen LogP contribution in [-0.4, -0.2) is 10.9 Å². The number of halogens is 1. The monoisotopic (exact) mass is 352 g/mol. The van der Waals surface area contributed by atoms with Crippen LogP contribution in [0, 0.1) is 3.57 Å². The van der Waals surface area contributed by atoms with Crippen molar-refractivity contribution in [3.8, 4) is 0 Å². The van der Waals surface area contributed by atoms with Gasteiger partial charge in [0.25, 0.3) is 0 Å². The van der Waals surface area contributed by atoms with E-state index in [9.17, 15) is 9.90 Å². The number of rotatable bonds is 3. The largest absolute Gasteiger partial charge is 0.384 e. The zero-order valence-corrected chi connectivity index (χ0v) is 12.1. The van der Waals surface area contributed by atoms with Crippen molar-refractivity contribution in [3.05, 3.63) is 68.8 Å². The molecule has 0 aliphatic rings. The second kappa shape index (κ2) is 5.63. The summed E-state index contributed by atoms with van der Waals surface area (Å²) >= 11 is 2.20. The lowest BCUT2D eigenvalue weighted by Crippen LogP contribution is -2.03. The second-order valence-electron chi connectivity index (χ2n) is 4.11. The zero-order valence-electron chi connectivity index (χ0n) is 9.93. The fourth-order valence-corrected chi connectivity index (χ4v) is 2.49. The van der Waals surface area contributed by atoms with Gasteiger partial charge in [-0.05, 0) is 52.8 Å². The Kier molecular flexibility index (Phi) is 4.14. The van der Waals surface area contributed by atoms with Crippen LogP contribution >= 0.6 is 22.6 Å². The van der Waals surface area contributed by atoms with Crippen LogP contribution in [0.15, 0.2) is 48.5 Å². The van der Waals surface area contributed by atoms with Crippen LogP contribution in [0.3, 0.4) is 0 Å². The van der Waals surface area contributed by atoms with E-state index in [2.05, 4.69) is 22.6 Å². The molecule has 0 saturated heterocycles. The molecule has 2 aromatic rings. The third-order valence-electron chi connectivity index (χ3n) is 2.81. The minimum Gasteiger partial charge on any atom is -0.384 e. The van der Waals surface area contributed by atoms with E-state index in [1.165, 1.54) is 6.92 Å². The molecular formula is C15H13IO2. The molecule has 2 nitrogen and oxygen atoms in total. The first kappa shape index (κ1) is 13.2. The van der Waals surface area contributed by atoms with Crippen LogP contribution in [0.4, 0.5) is 0 Å². The molecule has 1 unspecified atom stereocenters. The maximum atomic E-state index is 11.3. The number of aliphatic hydroxyl groups is 1. The summed E-state index contributed by atoms with van der Waals surface area (Å²) in [7, 11) is 0. The summed E-state index contributed by atoms with van der Waals surface area (Å²) in [5.74, 6) is 0.00630. The van der Waals surface area contributed by atoms with Crippen molar-refractivity contribution < 1.29 is 9.90 Å². The lowest BCUT2D eigenvalue weighted by molar-refractivity contribution is 0.101. The minimum atomic E-state index is -0.697. The standard InChI is InChI=1S/C15H13IO2/c1-10(17)11-5-4-6-12(9-11)15(18)13-7-2-3-8-14(13)16/h2-9,15,18H,1H3. The molecule has 0 aliphatic carbocycles. The van der Waals surface area contributed by atoms with Crippen LogP contribution in [0.5, 0.6) is 0 Å². The summed E-state index contributed by atoms with van der Waals surface area (Å²) in [6.45, 7) is 1.53. The summed E-state index contributed by atoms with van der Waals surface area (Å²) in [6, 6.07) is 14.8. The van der Waals surface area contributed by atoms with Crippen molar-refractivity contribution in [1.29, 1.82) is 0 Å². The molecule has 0 radical (unpaired) electrons. The summed E-state index contributed by atoms with van der Waals surface area (Å²) in [5.41, 5.74) is 2.23. The Bertz CT molecular complexity index is 578. The van der Waals surface area contributed by atoms with E-state index >= 15 is 0 Å². The fraction of sp³-hybridized carbons (Fsp3) is 0.133. The van der Waals surface area contributed by atoms with Crippen molar-refractivity contribution in [2.24, 2.45) is 0 Å². The van der Waals surface area contributed by atoms with Gasteiger partial charge in [0, 0.05) is 9.13 Å². The molecule has 0 fully saturated rings. The maximum absolute atomic E-state index is 11.3. The van der Waals surface area contributed by atoms with Gasteiger partial charge in [0.05, 0.1) is 0 Å². The third kappa shape index (κ3) is 2.79.